The molecule has 0 aromatic heterocycles. The fourth-order valence-electron chi connectivity index (χ4n) is 2.55. The van der Waals surface area contributed by atoms with Gasteiger partial charge in [0.25, 0.3) is 0 Å². The largest absolute Gasteiger partial charge is 0.357 e. The van der Waals surface area contributed by atoms with E-state index in [2.05, 4.69) is 10.3 Å². The third-order valence-corrected chi connectivity index (χ3v) is 6.90. The van der Waals surface area contributed by atoms with Crippen LogP contribution in [-0.4, -0.2) is 49.4 Å². The molecule has 1 aromatic rings. The van der Waals surface area contributed by atoms with Crippen LogP contribution in [0.5, 0.6) is 0 Å². The van der Waals surface area contributed by atoms with Crippen molar-refractivity contribution in [3.63, 3.8) is 0 Å². The number of nitrogens with one attached hydrogen (secondary N) is 1. The van der Waals surface area contributed by atoms with E-state index in [4.69, 9.17) is 11.6 Å². The molecular weight excluding hydrogens is 353 g/mol. The minimum atomic E-state index is -3.10. The van der Waals surface area contributed by atoms with Gasteiger partial charge in [-0.3, -0.25) is 0 Å². The molecule has 1 aliphatic rings. The summed E-state index contributed by atoms with van der Waals surface area (Å²) in [7, 11) is -3.10. The zero-order valence-electron chi connectivity index (χ0n) is 14.1. The number of halogens is 2. The third kappa shape index (κ3) is 4.19. The second-order valence-corrected chi connectivity index (χ2v) is 9.57. The van der Waals surface area contributed by atoms with E-state index >= 15 is 0 Å². The lowest BCUT2D eigenvalue weighted by atomic mass is 10.2. The zero-order valence-corrected chi connectivity index (χ0v) is 15.7. The van der Waals surface area contributed by atoms with Crippen molar-refractivity contribution in [1.82, 2.24) is 10.2 Å². The topological polar surface area (TPSA) is 61.8 Å². The maximum Gasteiger partial charge on any atom is 0.194 e. The first-order valence-corrected chi connectivity index (χ1v) is 9.89. The maximum atomic E-state index is 13.2. The van der Waals surface area contributed by atoms with Crippen molar-refractivity contribution in [2.75, 3.05) is 25.4 Å². The number of aliphatic imine (C=N–C) groups is 1. The Morgan fingerprint density at radius 2 is 2.17 bits per heavy atom. The molecule has 1 aromatic carbocycles. The minimum absolute atomic E-state index is 0.0675. The molecule has 1 aliphatic heterocycles. The van der Waals surface area contributed by atoms with Gasteiger partial charge in [0, 0.05) is 19.6 Å². The Balaban J connectivity index is 2.18. The van der Waals surface area contributed by atoms with Gasteiger partial charge in [0.15, 0.2) is 15.8 Å². The fraction of sp³-hybridized carbons (Fsp3) is 0.562. The minimum Gasteiger partial charge on any atom is -0.357 e. The van der Waals surface area contributed by atoms with Gasteiger partial charge in [0.1, 0.15) is 5.82 Å². The Morgan fingerprint density at radius 3 is 2.75 bits per heavy atom. The summed E-state index contributed by atoms with van der Waals surface area (Å²) in [6.07, 6.45) is 0. The average Bonchev–Trinajstić information content (AvgIpc) is 2.50. The molecule has 5 nitrogen and oxygen atoms in total. The molecule has 0 radical (unpaired) electrons. The van der Waals surface area contributed by atoms with Gasteiger partial charge in [-0.1, -0.05) is 17.7 Å². The van der Waals surface area contributed by atoms with Crippen LogP contribution in [0.25, 0.3) is 0 Å². The number of rotatable bonds is 3. The van der Waals surface area contributed by atoms with Crippen molar-refractivity contribution < 1.29 is 12.8 Å². The highest BCUT2D eigenvalue weighted by Gasteiger charge is 2.40. The Morgan fingerprint density at radius 1 is 1.46 bits per heavy atom. The Kier molecular flexibility index (Phi) is 5.75. The van der Waals surface area contributed by atoms with E-state index in [1.807, 2.05) is 11.8 Å². The number of hydrogen-bond acceptors (Lipinski definition) is 3. The summed E-state index contributed by atoms with van der Waals surface area (Å²) in [4.78, 5) is 6.50. The van der Waals surface area contributed by atoms with Gasteiger partial charge >= 0.3 is 0 Å². The first kappa shape index (κ1) is 19.0. The molecule has 24 heavy (non-hydrogen) atoms. The number of hydrogen-bond donors (Lipinski definition) is 1. The average molecular weight is 376 g/mol. The SMILES string of the molecule is CCNC(=NCc1ccc(F)c(Cl)c1)N1CCS(=O)(=O)C(C)(C)C1. The lowest BCUT2D eigenvalue weighted by Crippen LogP contribution is -2.57. The lowest BCUT2D eigenvalue weighted by molar-refractivity contribution is 0.353. The van der Waals surface area contributed by atoms with Crippen LogP contribution in [0, 0.1) is 5.82 Å². The van der Waals surface area contributed by atoms with E-state index in [0.717, 1.165) is 5.56 Å². The summed E-state index contributed by atoms with van der Waals surface area (Å²) in [5, 5.41) is 3.26. The number of nitrogens with zero attached hydrogens (tertiary/aromatic N) is 2. The molecule has 8 heteroatoms. The van der Waals surface area contributed by atoms with E-state index in [-0.39, 0.29) is 10.8 Å². The van der Waals surface area contributed by atoms with Gasteiger partial charge < -0.3 is 10.2 Å². The van der Waals surface area contributed by atoms with Gasteiger partial charge in [-0.05, 0) is 38.5 Å². The molecule has 0 amide bonds. The van der Waals surface area contributed by atoms with Crippen LogP contribution in [0.15, 0.2) is 23.2 Å². The highest BCUT2D eigenvalue weighted by molar-refractivity contribution is 7.92. The first-order chi connectivity index (χ1) is 11.2. The quantitative estimate of drug-likeness (QED) is 0.651. The zero-order chi connectivity index (χ0) is 18.0. The van der Waals surface area contributed by atoms with Crippen LogP contribution in [0.2, 0.25) is 5.02 Å². The second kappa shape index (κ2) is 7.27. The number of guanidine groups is 1. The summed E-state index contributed by atoms with van der Waals surface area (Å²) in [6, 6.07) is 4.50. The summed E-state index contributed by atoms with van der Waals surface area (Å²) in [6.45, 7) is 7.22. The van der Waals surface area contributed by atoms with Crippen molar-refractivity contribution in [3.8, 4) is 0 Å². The fourth-order valence-corrected chi connectivity index (χ4v) is 4.12. The Bertz CT molecular complexity index is 735. The molecule has 0 bridgehead atoms. The predicted molar refractivity (Wildman–Crippen MR) is 95.7 cm³/mol. The molecule has 0 unspecified atom stereocenters. The van der Waals surface area contributed by atoms with E-state index in [0.29, 0.717) is 32.1 Å². The van der Waals surface area contributed by atoms with E-state index in [1.165, 1.54) is 6.07 Å². The van der Waals surface area contributed by atoms with Crippen LogP contribution in [0.1, 0.15) is 26.3 Å². The highest BCUT2D eigenvalue weighted by Crippen LogP contribution is 2.24. The molecular formula is C16H23ClFN3O2S. The summed E-state index contributed by atoms with van der Waals surface area (Å²) in [5.41, 5.74) is 0.792. The van der Waals surface area contributed by atoms with Crippen LogP contribution in [0.3, 0.4) is 0 Å². The van der Waals surface area contributed by atoms with Gasteiger partial charge in [-0.2, -0.15) is 0 Å². The smallest absolute Gasteiger partial charge is 0.194 e. The van der Waals surface area contributed by atoms with Gasteiger partial charge in [-0.25, -0.2) is 17.8 Å². The van der Waals surface area contributed by atoms with Crippen molar-refractivity contribution in [2.24, 2.45) is 4.99 Å². The van der Waals surface area contributed by atoms with Crippen molar-refractivity contribution in [1.29, 1.82) is 0 Å². The Labute approximate surface area is 147 Å². The van der Waals surface area contributed by atoms with Gasteiger partial charge in [0.05, 0.1) is 22.1 Å². The van der Waals surface area contributed by atoms with Crippen LogP contribution >= 0.6 is 11.6 Å². The van der Waals surface area contributed by atoms with E-state index < -0.39 is 20.4 Å². The predicted octanol–water partition coefficient (Wildman–Crippen LogP) is 2.45. The maximum absolute atomic E-state index is 13.2. The Hall–Kier alpha value is -1.34. The lowest BCUT2D eigenvalue weighted by Gasteiger charge is -2.39. The molecule has 2 rings (SSSR count). The van der Waals surface area contributed by atoms with Crippen LogP contribution in [-0.2, 0) is 16.4 Å². The molecule has 0 atom stereocenters. The summed E-state index contributed by atoms with van der Waals surface area (Å²) in [5.74, 6) is 0.299. The summed E-state index contributed by atoms with van der Waals surface area (Å²) >= 11 is 5.79. The van der Waals surface area contributed by atoms with Crippen molar-refractivity contribution in [3.05, 3.63) is 34.6 Å². The molecule has 1 fully saturated rings. The number of sulfone groups is 1. The molecule has 1 saturated heterocycles. The van der Waals surface area contributed by atoms with Crippen molar-refractivity contribution >= 4 is 27.4 Å². The van der Waals surface area contributed by atoms with Crippen LogP contribution in [0.4, 0.5) is 4.39 Å². The highest BCUT2D eigenvalue weighted by atomic mass is 35.5. The van der Waals surface area contributed by atoms with E-state index in [1.54, 1.807) is 26.0 Å². The van der Waals surface area contributed by atoms with Gasteiger partial charge in [0.2, 0.25) is 0 Å². The van der Waals surface area contributed by atoms with Crippen LogP contribution < -0.4 is 5.32 Å². The standard InChI is InChI=1S/C16H23ClFN3O2S/c1-4-19-15(20-10-12-5-6-14(18)13(17)9-12)21-7-8-24(22,23)16(2,3)11-21/h5-6,9H,4,7-8,10-11H2,1-3H3,(H,19,20). The molecule has 1 N–H and O–H groups in total. The molecule has 0 aliphatic carbocycles. The first-order valence-electron chi connectivity index (χ1n) is 7.86. The number of benzene rings is 1. The molecule has 1 heterocycles. The molecule has 0 spiro atoms. The summed E-state index contributed by atoms with van der Waals surface area (Å²) < 4.78 is 36.7. The van der Waals surface area contributed by atoms with Crippen molar-refractivity contribution in [2.45, 2.75) is 32.1 Å². The molecule has 0 saturated carbocycles. The second-order valence-electron chi connectivity index (χ2n) is 6.42. The van der Waals surface area contributed by atoms with Gasteiger partial charge in [-0.15, -0.1) is 0 Å². The van der Waals surface area contributed by atoms with E-state index in [9.17, 15) is 12.8 Å². The molecule has 134 valence electrons. The normalized spacial score (nSPS) is 20.0. The monoisotopic (exact) mass is 375 g/mol. The third-order valence-electron chi connectivity index (χ3n) is 4.07.